The van der Waals surface area contributed by atoms with Gasteiger partial charge in [-0.1, -0.05) is 30.3 Å². The van der Waals surface area contributed by atoms with Crippen LogP contribution in [0.2, 0.25) is 0 Å². The van der Waals surface area contributed by atoms with E-state index < -0.39 is 11.6 Å². The normalized spacial score (nSPS) is 10.3. The highest BCUT2D eigenvalue weighted by atomic mass is 19.1. The Bertz CT molecular complexity index is 558. The molecule has 0 radical (unpaired) electrons. The van der Waals surface area contributed by atoms with Gasteiger partial charge in [-0.3, -0.25) is 0 Å². The number of anilines is 2. The van der Waals surface area contributed by atoms with Crippen molar-refractivity contribution in [3.05, 3.63) is 53.6 Å². The number of pyridine rings is 1. The Morgan fingerprint density at radius 1 is 1.16 bits per heavy atom. The number of hydrogen-bond donors (Lipinski definition) is 1. The lowest BCUT2D eigenvalue weighted by atomic mass is 10.2. The van der Waals surface area contributed by atoms with Crippen molar-refractivity contribution in [3.8, 4) is 0 Å². The molecule has 0 fully saturated rings. The van der Waals surface area contributed by atoms with Crippen molar-refractivity contribution in [2.75, 3.05) is 24.3 Å². The molecule has 0 aliphatic heterocycles. The molecule has 0 bridgehead atoms. The summed E-state index contributed by atoms with van der Waals surface area (Å²) in [6.07, 6.45) is 0. The van der Waals surface area contributed by atoms with Gasteiger partial charge in [-0.15, -0.1) is 0 Å². The van der Waals surface area contributed by atoms with Gasteiger partial charge in [-0.25, -0.2) is 13.8 Å². The Labute approximate surface area is 110 Å². The van der Waals surface area contributed by atoms with E-state index >= 15 is 0 Å². The molecule has 0 saturated carbocycles. The predicted molar refractivity (Wildman–Crippen MR) is 72.2 cm³/mol. The van der Waals surface area contributed by atoms with Crippen molar-refractivity contribution in [2.45, 2.75) is 6.54 Å². The third-order valence-electron chi connectivity index (χ3n) is 2.77. The maximum Gasteiger partial charge on any atom is 0.168 e. The van der Waals surface area contributed by atoms with E-state index in [9.17, 15) is 8.78 Å². The number of nitrogens with zero attached hydrogens (tertiary/aromatic N) is 2. The topological polar surface area (TPSA) is 28.2 Å². The Kier molecular flexibility index (Phi) is 3.94. The molecule has 1 N–H and O–H groups in total. The molecule has 100 valence electrons. The summed E-state index contributed by atoms with van der Waals surface area (Å²) in [6.45, 7) is 0.500. The molecule has 1 aromatic heterocycles. The van der Waals surface area contributed by atoms with Crippen LogP contribution in [0.15, 0.2) is 36.4 Å². The van der Waals surface area contributed by atoms with Gasteiger partial charge in [0.1, 0.15) is 0 Å². The standard InChI is InChI=1S/C14H15F2N3/c1-17-13-11(15)8-12(16)14(18-13)19(2)9-10-6-4-3-5-7-10/h3-8H,9H2,1-2H3,(H,17,18). The van der Waals surface area contributed by atoms with Crippen LogP contribution in [0.4, 0.5) is 20.4 Å². The van der Waals surface area contributed by atoms with Gasteiger partial charge < -0.3 is 10.2 Å². The summed E-state index contributed by atoms with van der Waals surface area (Å²) in [5.74, 6) is -1.21. The molecule has 0 saturated heterocycles. The molecule has 1 aromatic carbocycles. The molecule has 3 nitrogen and oxygen atoms in total. The number of halogens is 2. The van der Waals surface area contributed by atoms with Crippen LogP contribution >= 0.6 is 0 Å². The van der Waals surface area contributed by atoms with Crippen LogP contribution in [-0.4, -0.2) is 19.1 Å². The minimum absolute atomic E-state index is 0.0383. The van der Waals surface area contributed by atoms with Crippen LogP contribution in [-0.2, 0) is 6.54 Å². The molecule has 0 amide bonds. The number of hydrogen-bond acceptors (Lipinski definition) is 3. The second-order valence-corrected chi connectivity index (χ2v) is 4.22. The van der Waals surface area contributed by atoms with Crippen molar-refractivity contribution in [2.24, 2.45) is 0 Å². The minimum Gasteiger partial charge on any atom is -0.371 e. The van der Waals surface area contributed by atoms with Gasteiger partial charge in [0.05, 0.1) is 0 Å². The summed E-state index contributed by atoms with van der Waals surface area (Å²) in [5.41, 5.74) is 1.03. The Hall–Kier alpha value is -2.17. The molecule has 2 aromatic rings. The quantitative estimate of drug-likeness (QED) is 0.919. The lowest BCUT2D eigenvalue weighted by molar-refractivity contribution is 0.573. The zero-order chi connectivity index (χ0) is 13.8. The van der Waals surface area contributed by atoms with Gasteiger partial charge in [-0.2, -0.15) is 0 Å². The summed E-state index contributed by atoms with van der Waals surface area (Å²) in [5, 5.41) is 2.60. The van der Waals surface area contributed by atoms with E-state index in [-0.39, 0.29) is 11.6 Å². The fourth-order valence-corrected chi connectivity index (χ4v) is 1.83. The third kappa shape index (κ3) is 2.99. The van der Waals surface area contributed by atoms with Gasteiger partial charge in [0.25, 0.3) is 0 Å². The fraction of sp³-hybridized carbons (Fsp3) is 0.214. The molecule has 1 heterocycles. The maximum absolute atomic E-state index is 13.7. The molecular formula is C14H15F2N3. The smallest absolute Gasteiger partial charge is 0.168 e. The molecular weight excluding hydrogens is 248 g/mol. The van der Waals surface area contributed by atoms with Crippen molar-refractivity contribution in [1.29, 1.82) is 0 Å². The van der Waals surface area contributed by atoms with E-state index in [1.165, 1.54) is 0 Å². The fourth-order valence-electron chi connectivity index (χ4n) is 1.83. The summed E-state index contributed by atoms with van der Waals surface area (Å²) >= 11 is 0. The first-order valence-electron chi connectivity index (χ1n) is 5.90. The molecule has 0 spiro atoms. The number of aromatic nitrogens is 1. The van der Waals surface area contributed by atoms with Crippen LogP contribution in [0.25, 0.3) is 0 Å². The number of benzene rings is 1. The zero-order valence-electron chi connectivity index (χ0n) is 10.8. The summed E-state index contributed by atoms with van der Waals surface area (Å²) in [4.78, 5) is 5.60. The molecule has 2 rings (SSSR count). The van der Waals surface area contributed by atoms with Gasteiger partial charge in [0, 0.05) is 26.7 Å². The lowest BCUT2D eigenvalue weighted by Gasteiger charge is -2.19. The Morgan fingerprint density at radius 2 is 1.84 bits per heavy atom. The van der Waals surface area contributed by atoms with Crippen molar-refractivity contribution >= 4 is 11.6 Å². The molecule has 19 heavy (non-hydrogen) atoms. The molecule has 0 atom stereocenters. The molecule has 0 unspecified atom stereocenters. The Morgan fingerprint density at radius 3 is 2.47 bits per heavy atom. The van der Waals surface area contributed by atoms with Crippen LogP contribution in [0, 0.1) is 11.6 Å². The molecule has 0 aliphatic rings. The van der Waals surface area contributed by atoms with Crippen LogP contribution < -0.4 is 10.2 Å². The van der Waals surface area contributed by atoms with E-state index in [2.05, 4.69) is 10.3 Å². The van der Waals surface area contributed by atoms with E-state index in [0.29, 0.717) is 6.54 Å². The second kappa shape index (κ2) is 5.65. The van der Waals surface area contributed by atoms with Crippen LogP contribution in [0.3, 0.4) is 0 Å². The zero-order valence-corrected chi connectivity index (χ0v) is 10.8. The first-order valence-corrected chi connectivity index (χ1v) is 5.90. The monoisotopic (exact) mass is 263 g/mol. The van der Waals surface area contributed by atoms with Gasteiger partial charge in [0.2, 0.25) is 0 Å². The molecule has 5 heteroatoms. The average Bonchev–Trinajstić information content (AvgIpc) is 2.40. The third-order valence-corrected chi connectivity index (χ3v) is 2.77. The number of nitrogens with one attached hydrogen (secondary N) is 1. The average molecular weight is 263 g/mol. The van der Waals surface area contributed by atoms with Gasteiger partial charge >= 0.3 is 0 Å². The summed E-state index contributed by atoms with van der Waals surface area (Å²) in [6, 6.07) is 10.5. The minimum atomic E-state index is -0.697. The van der Waals surface area contributed by atoms with Crippen LogP contribution in [0.5, 0.6) is 0 Å². The SMILES string of the molecule is CNc1nc(N(C)Cc2ccccc2)c(F)cc1F. The van der Waals surface area contributed by atoms with E-state index in [4.69, 9.17) is 0 Å². The lowest BCUT2D eigenvalue weighted by Crippen LogP contribution is -2.20. The van der Waals surface area contributed by atoms with E-state index in [1.807, 2.05) is 30.3 Å². The van der Waals surface area contributed by atoms with E-state index in [1.54, 1.807) is 19.0 Å². The summed E-state index contributed by atoms with van der Waals surface area (Å²) in [7, 11) is 3.26. The molecule has 0 aliphatic carbocycles. The largest absolute Gasteiger partial charge is 0.371 e. The van der Waals surface area contributed by atoms with Crippen molar-refractivity contribution in [3.63, 3.8) is 0 Å². The highest BCUT2D eigenvalue weighted by Crippen LogP contribution is 2.22. The predicted octanol–water partition coefficient (Wildman–Crippen LogP) is 3.04. The van der Waals surface area contributed by atoms with E-state index in [0.717, 1.165) is 11.6 Å². The maximum atomic E-state index is 13.7. The van der Waals surface area contributed by atoms with Gasteiger partial charge in [0.15, 0.2) is 23.3 Å². The first-order chi connectivity index (χ1) is 9.11. The van der Waals surface area contributed by atoms with Crippen LogP contribution in [0.1, 0.15) is 5.56 Å². The highest BCUT2D eigenvalue weighted by Gasteiger charge is 2.14. The first kappa shape index (κ1) is 13.3. The van der Waals surface area contributed by atoms with Crippen molar-refractivity contribution < 1.29 is 8.78 Å². The summed E-state index contributed by atoms with van der Waals surface area (Å²) < 4.78 is 27.1. The number of rotatable bonds is 4. The van der Waals surface area contributed by atoms with Gasteiger partial charge in [-0.05, 0) is 5.56 Å². The highest BCUT2D eigenvalue weighted by molar-refractivity contribution is 5.49. The second-order valence-electron chi connectivity index (χ2n) is 4.22. The van der Waals surface area contributed by atoms with Crippen molar-refractivity contribution in [1.82, 2.24) is 4.98 Å². The Balaban J connectivity index is 2.26.